The number of carboxylic acid groups (broad SMARTS) is 1. The van der Waals surface area contributed by atoms with E-state index in [0.29, 0.717) is 6.42 Å². The first-order valence-electron chi connectivity index (χ1n) is 7.25. The van der Waals surface area contributed by atoms with E-state index in [0.717, 1.165) is 11.3 Å². The van der Waals surface area contributed by atoms with Crippen molar-refractivity contribution in [2.75, 3.05) is 25.6 Å². The molecule has 0 fully saturated rings. The van der Waals surface area contributed by atoms with Crippen LogP contribution in [-0.2, 0) is 6.42 Å². The molecule has 0 saturated carbocycles. The second kappa shape index (κ2) is 7.11. The summed E-state index contributed by atoms with van der Waals surface area (Å²) in [6, 6.07) is 9.75. The molecule has 0 amide bonds. The van der Waals surface area contributed by atoms with Crippen molar-refractivity contribution in [1.29, 1.82) is 0 Å². The maximum Gasteiger partial charge on any atom is 0.337 e. The number of rotatable bonds is 6. The van der Waals surface area contributed by atoms with Crippen LogP contribution in [0.1, 0.15) is 22.0 Å². The number of aromatic carboxylic acids is 1. The van der Waals surface area contributed by atoms with Gasteiger partial charge in [0.1, 0.15) is 0 Å². The average molecular weight is 316 g/mol. The lowest BCUT2D eigenvalue weighted by Crippen LogP contribution is -2.28. The average Bonchev–Trinajstić information content (AvgIpc) is 2.53. The minimum Gasteiger partial charge on any atom is -0.478 e. The molecule has 0 aliphatic carbocycles. The van der Waals surface area contributed by atoms with Gasteiger partial charge in [-0.1, -0.05) is 12.1 Å². The Morgan fingerprint density at radius 2 is 1.83 bits per heavy atom. The van der Waals surface area contributed by atoms with E-state index in [2.05, 4.69) is 0 Å². The first-order valence-corrected chi connectivity index (χ1v) is 7.25. The zero-order valence-corrected chi connectivity index (χ0v) is 13.1. The molecular weight excluding hydrogens is 296 g/mol. The summed E-state index contributed by atoms with van der Waals surface area (Å²) in [5.74, 6) is -1.11. The fourth-order valence-corrected chi connectivity index (χ4v) is 2.37. The van der Waals surface area contributed by atoms with Crippen molar-refractivity contribution in [2.45, 2.75) is 12.5 Å². The van der Waals surface area contributed by atoms with E-state index >= 15 is 0 Å². The lowest BCUT2D eigenvalue weighted by molar-refractivity contribution is 0.0695. The van der Waals surface area contributed by atoms with Gasteiger partial charge in [-0.3, -0.25) is 4.79 Å². The molecule has 0 aliphatic rings. The molecule has 2 N–H and O–H groups in total. The summed E-state index contributed by atoms with van der Waals surface area (Å²) in [6.45, 7) is -0.252. The Labute approximate surface area is 134 Å². The Morgan fingerprint density at radius 1 is 1.17 bits per heavy atom. The van der Waals surface area contributed by atoms with Gasteiger partial charge in [-0.25, -0.2) is 4.79 Å². The summed E-state index contributed by atoms with van der Waals surface area (Å²) < 4.78 is 1.28. The van der Waals surface area contributed by atoms with Crippen LogP contribution in [-0.4, -0.2) is 41.5 Å². The molecule has 0 radical (unpaired) electrons. The maximum atomic E-state index is 12.0. The molecule has 1 aromatic carbocycles. The molecule has 6 nitrogen and oxygen atoms in total. The van der Waals surface area contributed by atoms with Crippen LogP contribution in [0.3, 0.4) is 0 Å². The van der Waals surface area contributed by atoms with Crippen molar-refractivity contribution in [3.05, 3.63) is 64.1 Å². The van der Waals surface area contributed by atoms with Crippen molar-refractivity contribution in [3.8, 4) is 0 Å². The number of anilines is 1. The summed E-state index contributed by atoms with van der Waals surface area (Å²) in [5.41, 5.74) is 1.70. The number of hydrogen-bond acceptors (Lipinski definition) is 4. The summed E-state index contributed by atoms with van der Waals surface area (Å²) >= 11 is 0. The normalized spacial score (nSPS) is 12.0. The Kier molecular flexibility index (Phi) is 5.18. The second-order valence-corrected chi connectivity index (χ2v) is 5.57. The SMILES string of the molecule is CN(C)c1ccc(C[C@H](CO)n2cc(C(=O)O)ccc2=O)cc1. The first-order chi connectivity index (χ1) is 10.9. The van der Waals surface area contributed by atoms with Crippen molar-refractivity contribution in [2.24, 2.45) is 0 Å². The Morgan fingerprint density at radius 3 is 2.35 bits per heavy atom. The van der Waals surface area contributed by atoms with Crippen LogP contribution in [0.25, 0.3) is 0 Å². The van der Waals surface area contributed by atoms with Crippen LogP contribution in [0.2, 0.25) is 0 Å². The number of carbonyl (C=O) groups is 1. The van der Waals surface area contributed by atoms with Gasteiger partial charge in [0.05, 0.1) is 18.2 Å². The van der Waals surface area contributed by atoms with E-state index in [1.807, 2.05) is 43.3 Å². The highest BCUT2D eigenvalue weighted by Gasteiger charge is 2.14. The number of benzene rings is 1. The molecule has 0 saturated heterocycles. The van der Waals surface area contributed by atoms with Gasteiger partial charge in [0, 0.05) is 32.0 Å². The monoisotopic (exact) mass is 316 g/mol. The Balaban J connectivity index is 2.28. The zero-order chi connectivity index (χ0) is 17.0. The van der Waals surface area contributed by atoms with Gasteiger partial charge in [0.2, 0.25) is 0 Å². The number of hydrogen-bond donors (Lipinski definition) is 2. The molecule has 1 heterocycles. The van der Waals surface area contributed by atoms with Crippen LogP contribution in [0.5, 0.6) is 0 Å². The number of carboxylic acids is 1. The molecule has 2 rings (SSSR count). The van der Waals surface area contributed by atoms with Crippen LogP contribution < -0.4 is 10.5 Å². The molecule has 122 valence electrons. The molecule has 2 aromatic rings. The van der Waals surface area contributed by atoms with E-state index in [9.17, 15) is 14.7 Å². The lowest BCUT2D eigenvalue weighted by atomic mass is 10.1. The fraction of sp³-hybridized carbons (Fsp3) is 0.294. The summed E-state index contributed by atoms with van der Waals surface area (Å²) in [5, 5.41) is 18.7. The third kappa shape index (κ3) is 3.98. The summed E-state index contributed by atoms with van der Waals surface area (Å²) in [6.07, 6.45) is 1.72. The molecule has 1 atom stereocenters. The number of aliphatic hydroxyl groups is 1. The van der Waals surface area contributed by atoms with E-state index < -0.39 is 12.0 Å². The topological polar surface area (TPSA) is 82.8 Å². The number of nitrogens with zero attached hydrogens (tertiary/aromatic N) is 2. The zero-order valence-electron chi connectivity index (χ0n) is 13.1. The summed E-state index contributed by atoms with van der Waals surface area (Å²) in [7, 11) is 3.89. The van der Waals surface area contributed by atoms with Crippen molar-refractivity contribution >= 4 is 11.7 Å². The number of aromatic nitrogens is 1. The summed E-state index contributed by atoms with van der Waals surface area (Å²) in [4.78, 5) is 25.0. The van der Waals surface area contributed by atoms with E-state index in [4.69, 9.17) is 5.11 Å². The van der Waals surface area contributed by atoms with Crippen LogP contribution in [0.4, 0.5) is 5.69 Å². The molecule has 0 bridgehead atoms. The number of aliphatic hydroxyl groups excluding tert-OH is 1. The molecular formula is C17H20N2O4. The van der Waals surface area contributed by atoms with Crippen molar-refractivity contribution in [1.82, 2.24) is 4.57 Å². The fourth-order valence-electron chi connectivity index (χ4n) is 2.37. The van der Waals surface area contributed by atoms with E-state index in [1.54, 1.807) is 0 Å². The lowest BCUT2D eigenvalue weighted by Gasteiger charge is -2.19. The maximum absolute atomic E-state index is 12.0. The van der Waals surface area contributed by atoms with Gasteiger partial charge in [0.25, 0.3) is 5.56 Å². The minimum atomic E-state index is -1.11. The molecule has 0 unspecified atom stereocenters. The van der Waals surface area contributed by atoms with E-state index in [-0.39, 0.29) is 17.7 Å². The molecule has 1 aromatic heterocycles. The third-order valence-corrected chi connectivity index (χ3v) is 3.71. The van der Waals surface area contributed by atoms with Crippen LogP contribution in [0, 0.1) is 0 Å². The van der Waals surface area contributed by atoms with Crippen molar-refractivity contribution < 1.29 is 15.0 Å². The Hall–Kier alpha value is -2.60. The quantitative estimate of drug-likeness (QED) is 0.841. The van der Waals surface area contributed by atoms with Gasteiger partial charge in [0.15, 0.2) is 0 Å². The van der Waals surface area contributed by atoms with Crippen LogP contribution >= 0.6 is 0 Å². The first kappa shape index (κ1) is 16.8. The predicted molar refractivity (Wildman–Crippen MR) is 88.3 cm³/mol. The molecule has 6 heteroatoms. The van der Waals surface area contributed by atoms with Gasteiger partial charge < -0.3 is 19.7 Å². The largest absolute Gasteiger partial charge is 0.478 e. The minimum absolute atomic E-state index is 0.0194. The standard InChI is InChI=1S/C17H20N2O4/c1-18(2)14-6-3-12(4-7-14)9-15(11-20)19-10-13(17(22)23)5-8-16(19)21/h3-8,10,15,20H,9,11H2,1-2H3,(H,22,23)/t15-/m1/s1. The highest BCUT2D eigenvalue weighted by atomic mass is 16.4. The van der Waals surface area contributed by atoms with Gasteiger partial charge in [-0.2, -0.15) is 0 Å². The third-order valence-electron chi connectivity index (χ3n) is 3.71. The molecule has 23 heavy (non-hydrogen) atoms. The van der Waals surface area contributed by atoms with Gasteiger partial charge >= 0.3 is 5.97 Å². The smallest absolute Gasteiger partial charge is 0.337 e. The molecule has 0 spiro atoms. The predicted octanol–water partition coefficient (Wildman–Crippen LogP) is 1.39. The highest BCUT2D eigenvalue weighted by molar-refractivity contribution is 5.87. The highest BCUT2D eigenvalue weighted by Crippen LogP contribution is 2.17. The second-order valence-electron chi connectivity index (χ2n) is 5.57. The Bertz CT molecular complexity index is 735. The number of pyridine rings is 1. The van der Waals surface area contributed by atoms with Crippen molar-refractivity contribution in [3.63, 3.8) is 0 Å². The molecule has 0 aliphatic heterocycles. The van der Waals surface area contributed by atoms with Gasteiger partial charge in [-0.05, 0) is 30.2 Å². The van der Waals surface area contributed by atoms with E-state index in [1.165, 1.54) is 22.9 Å². The van der Waals surface area contributed by atoms with Crippen LogP contribution in [0.15, 0.2) is 47.4 Å². The van der Waals surface area contributed by atoms with Gasteiger partial charge in [-0.15, -0.1) is 0 Å².